The number of anilines is 1. The van der Waals surface area contributed by atoms with Crippen LogP contribution in [0.25, 0.3) is 0 Å². The second-order valence-electron chi connectivity index (χ2n) is 4.42. The first-order chi connectivity index (χ1) is 9.54. The van der Waals surface area contributed by atoms with E-state index in [1.54, 1.807) is 0 Å². The first kappa shape index (κ1) is 14.8. The fourth-order valence-corrected chi connectivity index (χ4v) is 2.57. The van der Waals surface area contributed by atoms with Crippen LogP contribution in [0.15, 0.2) is 24.3 Å². The molecule has 0 fully saturated rings. The third kappa shape index (κ3) is 4.21. The summed E-state index contributed by atoms with van der Waals surface area (Å²) >= 11 is 7.29. The van der Waals surface area contributed by atoms with Gasteiger partial charge in [0.15, 0.2) is 5.13 Å². The van der Waals surface area contributed by atoms with E-state index in [2.05, 4.69) is 15.6 Å². The zero-order chi connectivity index (χ0) is 14.5. The third-order valence-electron chi connectivity index (χ3n) is 2.86. The van der Waals surface area contributed by atoms with Crippen LogP contribution >= 0.6 is 22.9 Å². The maximum atomic E-state index is 11.7. The van der Waals surface area contributed by atoms with Crippen molar-refractivity contribution < 1.29 is 4.79 Å². The van der Waals surface area contributed by atoms with Gasteiger partial charge in [-0.15, -0.1) is 11.3 Å². The summed E-state index contributed by atoms with van der Waals surface area (Å²) in [5.41, 5.74) is 2.09. The van der Waals surface area contributed by atoms with Crippen molar-refractivity contribution >= 4 is 34.1 Å². The van der Waals surface area contributed by atoms with E-state index in [0.717, 1.165) is 22.6 Å². The number of amides is 2. The van der Waals surface area contributed by atoms with Gasteiger partial charge in [-0.2, -0.15) is 0 Å². The molecule has 0 aliphatic rings. The number of urea groups is 1. The SMILES string of the molecule is Cc1nc(NC(=O)NCCc2ccc(Cl)cc2)sc1C. The van der Waals surface area contributed by atoms with Gasteiger partial charge < -0.3 is 5.32 Å². The van der Waals surface area contributed by atoms with Crippen LogP contribution in [0.4, 0.5) is 9.93 Å². The van der Waals surface area contributed by atoms with Crippen molar-refractivity contribution in [3.8, 4) is 0 Å². The van der Waals surface area contributed by atoms with E-state index in [4.69, 9.17) is 11.6 Å². The standard InChI is InChI=1S/C14H16ClN3OS/c1-9-10(2)20-14(17-9)18-13(19)16-8-7-11-3-5-12(15)6-4-11/h3-6H,7-8H2,1-2H3,(H2,16,17,18,19). The summed E-state index contributed by atoms with van der Waals surface area (Å²) < 4.78 is 0. The van der Waals surface area contributed by atoms with E-state index in [1.807, 2.05) is 38.1 Å². The van der Waals surface area contributed by atoms with Gasteiger partial charge in [-0.05, 0) is 38.0 Å². The van der Waals surface area contributed by atoms with E-state index in [9.17, 15) is 4.79 Å². The fourth-order valence-electron chi connectivity index (χ4n) is 1.64. The predicted molar refractivity (Wildman–Crippen MR) is 83.8 cm³/mol. The monoisotopic (exact) mass is 309 g/mol. The highest BCUT2D eigenvalue weighted by Crippen LogP contribution is 2.20. The summed E-state index contributed by atoms with van der Waals surface area (Å²) in [5.74, 6) is 0. The minimum atomic E-state index is -0.229. The summed E-state index contributed by atoms with van der Waals surface area (Å²) in [7, 11) is 0. The molecular weight excluding hydrogens is 294 g/mol. The Balaban J connectivity index is 1.76. The van der Waals surface area contributed by atoms with Gasteiger partial charge in [0.25, 0.3) is 0 Å². The normalized spacial score (nSPS) is 10.3. The molecule has 20 heavy (non-hydrogen) atoms. The largest absolute Gasteiger partial charge is 0.337 e. The highest BCUT2D eigenvalue weighted by atomic mass is 35.5. The van der Waals surface area contributed by atoms with Crippen molar-refractivity contribution in [3.05, 3.63) is 45.4 Å². The van der Waals surface area contributed by atoms with Gasteiger partial charge in [-0.1, -0.05) is 23.7 Å². The number of aryl methyl sites for hydroxylation is 2. The number of hydrogen-bond acceptors (Lipinski definition) is 3. The van der Waals surface area contributed by atoms with Crippen LogP contribution in [0.2, 0.25) is 5.02 Å². The highest BCUT2D eigenvalue weighted by molar-refractivity contribution is 7.15. The van der Waals surface area contributed by atoms with Gasteiger partial charge in [0, 0.05) is 16.4 Å². The Hall–Kier alpha value is -1.59. The van der Waals surface area contributed by atoms with Gasteiger partial charge in [0.1, 0.15) is 0 Å². The van der Waals surface area contributed by atoms with Crippen molar-refractivity contribution in [2.24, 2.45) is 0 Å². The third-order valence-corrected chi connectivity index (χ3v) is 4.10. The van der Waals surface area contributed by atoms with Crippen molar-refractivity contribution in [2.45, 2.75) is 20.3 Å². The molecule has 0 aliphatic carbocycles. The van der Waals surface area contributed by atoms with Crippen LogP contribution in [-0.4, -0.2) is 17.6 Å². The molecule has 4 nitrogen and oxygen atoms in total. The van der Waals surface area contributed by atoms with Gasteiger partial charge >= 0.3 is 6.03 Å². The van der Waals surface area contributed by atoms with E-state index >= 15 is 0 Å². The number of rotatable bonds is 4. The van der Waals surface area contributed by atoms with E-state index in [-0.39, 0.29) is 6.03 Å². The van der Waals surface area contributed by atoms with Gasteiger partial charge in [-0.25, -0.2) is 9.78 Å². The highest BCUT2D eigenvalue weighted by Gasteiger charge is 2.07. The van der Waals surface area contributed by atoms with Crippen molar-refractivity contribution in [2.75, 3.05) is 11.9 Å². The summed E-state index contributed by atoms with van der Waals surface area (Å²) in [6.07, 6.45) is 0.764. The number of nitrogens with one attached hydrogen (secondary N) is 2. The van der Waals surface area contributed by atoms with E-state index in [1.165, 1.54) is 11.3 Å². The maximum Gasteiger partial charge on any atom is 0.321 e. The van der Waals surface area contributed by atoms with Crippen molar-refractivity contribution in [1.82, 2.24) is 10.3 Å². The topological polar surface area (TPSA) is 54.0 Å². The number of aromatic nitrogens is 1. The number of thiazole rings is 1. The van der Waals surface area contributed by atoms with E-state index < -0.39 is 0 Å². The van der Waals surface area contributed by atoms with Crippen LogP contribution in [0.3, 0.4) is 0 Å². The van der Waals surface area contributed by atoms with Crippen LogP contribution in [0, 0.1) is 13.8 Å². The lowest BCUT2D eigenvalue weighted by Gasteiger charge is -2.05. The molecule has 1 heterocycles. The summed E-state index contributed by atoms with van der Waals surface area (Å²) in [5, 5.41) is 6.89. The summed E-state index contributed by atoms with van der Waals surface area (Å²) in [6.45, 7) is 4.48. The molecule has 2 N–H and O–H groups in total. The predicted octanol–water partition coefficient (Wildman–Crippen LogP) is 3.78. The molecule has 6 heteroatoms. The Morgan fingerprint density at radius 3 is 2.60 bits per heavy atom. The summed E-state index contributed by atoms with van der Waals surface area (Å²) in [6, 6.07) is 7.37. The van der Waals surface area contributed by atoms with Gasteiger partial charge in [-0.3, -0.25) is 5.32 Å². The molecule has 0 radical (unpaired) electrons. The Morgan fingerprint density at radius 1 is 1.30 bits per heavy atom. The smallest absolute Gasteiger partial charge is 0.321 e. The zero-order valence-electron chi connectivity index (χ0n) is 11.4. The van der Waals surface area contributed by atoms with Gasteiger partial charge in [0.2, 0.25) is 0 Å². The fraction of sp³-hybridized carbons (Fsp3) is 0.286. The average Bonchev–Trinajstić information content (AvgIpc) is 2.70. The van der Waals surface area contributed by atoms with Crippen LogP contribution in [0.5, 0.6) is 0 Å². The first-order valence-electron chi connectivity index (χ1n) is 6.28. The van der Waals surface area contributed by atoms with Crippen LogP contribution in [-0.2, 0) is 6.42 Å². The first-order valence-corrected chi connectivity index (χ1v) is 7.47. The molecule has 2 amide bonds. The Labute approximate surface area is 127 Å². The molecule has 1 aromatic carbocycles. The van der Waals surface area contributed by atoms with E-state index in [0.29, 0.717) is 16.7 Å². The number of halogens is 1. The minimum absolute atomic E-state index is 0.229. The number of benzene rings is 1. The lowest BCUT2D eigenvalue weighted by Crippen LogP contribution is -2.30. The lowest BCUT2D eigenvalue weighted by atomic mass is 10.1. The summed E-state index contributed by atoms with van der Waals surface area (Å²) in [4.78, 5) is 17.1. The quantitative estimate of drug-likeness (QED) is 0.903. The zero-order valence-corrected chi connectivity index (χ0v) is 12.9. The molecule has 0 saturated carbocycles. The molecule has 2 aromatic rings. The van der Waals surface area contributed by atoms with Crippen LogP contribution < -0.4 is 10.6 Å². The minimum Gasteiger partial charge on any atom is -0.337 e. The second-order valence-corrected chi connectivity index (χ2v) is 6.06. The lowest BCUT2D eigenvalue weighted by molar-refractivity contribution is 0.252. The molecule has 0 saturated heterocycles. The molecule has 0 unspecified atom stereocenters. The number of carbonyl (C=O) groups is 1. The molecule has 2 rings (SSSR count). The van der Waals surface area contributed by atoms with Crippen molar-refractivity contribution in [1.29, 1.82) is 0 Å². The molecule has 0 bridgehead atoms. The Morgan fingerprint density at radius 2 is 2.00 bits per heavy atom. The Kier molecular flexibility index (Phi) is 4.98. The maximum absolute atomic E-state index is 11.7. The van der Waals surface area contributed by atoms with Crippen molar-refractivity contribution in [3.63, 3.8) is 0 Å². The van der Waals surface area contributed by atoms with Crippen LogP contribution in [0.1, 0.15) is 16.1 Å². The molecule has 0 atom stereocenters. The number of hydrogen-bond donors (Lipinski definition) is 2. The molecule has 1 aromatic heterocycles. The molecule has 0 spiro atoms. The molecular formula is C14H16ClN3OS. The Bertz CT molecular complexity index is 575. The second kappa shape index (κ2) is 6.72. The number of nitrogens with zero attached hydrogens (tertiary/aromatic N) is 1. The molecule has 0 aliphatic heterocycles. The molecule has 106 valence electrons. The average molecular weight is 310 g/mol. The van der Waals surface area contributed by atoms with Gasteiger partial charge in [0.05, 0.1) is 5.69 Å². The number of carbonyl (C=O) groups excluding carboxylic acids is 1.